The van der Waals surface area contributed by atoms with Gasteiger partial charge in [0.1, 0.15) is 34.5 Å². The van der Waals surface area contributed by atoms with Crippen LogP contribution in [0.3, 0.4) is 0 Å². The van der Waals surface area contributed by atoms with Crippen molar-refractivity contribution >= 4 is 5.97 Å². The van der Waals surface area contributed by atoms with Crippen molar-refractivity contribution < 1.29 is 24.1 Å². The van der Waals surface area contributed by atoms with Crippen LogP contribution >= 0.6 is 0 Å². The van der Waals surface area contributed by atoms with Gasteiger partial charge in [0.2, 0.25) is 0 Å². The molecule has 7 aromatic rings. The lowest BCUT2D eigenvalue weighted by Gasteiger charge is -2.26. The molecule has 0 atom stereocenters. The zero-order valence-corrected chi connectivity index (χ0v) is 36.0. The number of rotatable bonds is 9. The average molecular weight is 785 g/mol. The third-order valence-corrected chi connectivity index (χ3v) is 10.3. The van der Waals surface area contributed by atoms with Crippen LogP contribution in [0.4, 0.5) is 0 Å². The first kappa shape index (κ1) is 43.5. The van der Waals surface area contributed by atoms with Crippen molar-refractivity contribution in [1.29, 1.82) is 0 Å². The SMILES string of the molecule is Cc1cc(C)cc(C(=O)O)c1.Cc1ccc(Oc2ccc(C(C)(C)c3ccc(Oc4ccc(C)cc4)cc3)cc2)cc1.Cc1ccc(Oc2ccc(C)c(C)c2)cc1C. The fourth-order valence-corrected chi connectivity index (χ4v) is 6.32. The first-order chi connectivity index (χ1) is 28.0. The Morgan fingerprint density at radius 1 is 0.373 bits per heavy atom. The summed E-state index contributed by atoms with van der Waals surface area (Å²) in [4.78, 5) is 10.5. The molecule has 7 aromatic carbocycles. The third kappa shape index (κ3) is 12.7. The fraction of sp³-hybridized carbons (Fsp3) is 0.204. The number of carbonyl (C=O) groups is 1. The molecule has 7 rings (SSSR count). The number of aryl methyl sites for hydroxylation is 8. The Hall–Kier alpha value is -6.59. The maximum absolute atomic E-state index is 10.5. The van der Waals surface area contributed by atoms with Crippen molar-refractivity contribution in [1.82, 2.24) is 0 Å². The predicted octanol–water partition coefficient (Wildman–Crippen LogP) is 14.9. The highest BCUT2D eigenvalue weighted by Crippen LogP contribution is 2.35. The van der Waals surface area contributed by atoms with Gasteiger partial charge >= 0.3 is 5.97 Å². The van der Waals surface area contributed by atoms with Gasteiger partial charge in [-0.2, -0.15) is 0 Å². The van der Waals surface area contributed by atoms with E-state index < -0.39 is 5.97 Å². The van der Waals surface area contributed by atoms with E-state index in [-0.39, 0.29) is 5.41 Å². The molecule has 0 bridgehead atoms. The van der Waals surface area contributed by atoms with Gasteiger partial charge < -0.3 is 19.3 Å². The smallest absolute Gasteiger partial charge is 0.335 e. The molecule has 0 aliphatic heterocycles. The summed E-state index contributed by atoms with van der Waals surface area (Å²) in [5, 5.41) is 8.63. The Kier molecular flexibility index (Phi) is 14.5. The molecule has 0 saturated heterocycles. The van der Waals surface area contributed by atoms with E-state index in [1.807, 2.05) is 80.6 Å². The molecule has 1 N–H and O–H groups in total. The first-order valence-corrected chi connectivity index (χ1v) is 19.9. The molecule has 0 amide bonds. The number of ether oxygens (including phenoxy) is 3. The lowest BCUT2D eigenvalue weighted by Crippen LogP contribution is -2.18. The second kappa shape index (κ2) is 19.7. The predicted molar refractivity (Wildman–Crippen MR) is 242 cm³/mol. The minimum atomic E-state index is -0.864. The van der Waals surface area contributed by atoms with E-state index in [2.05, 4.69) is 128 Å². The Labute approximate surface area is 350 Å². The zero-order valence-electron chi connectivity index (χ0n) is 36.0. The van der Waals surface area contributed by atoms with Crippen molar-refractivity contribution in [3.8, 4) is 34.5 Å². The standard InChI is InChI=1S/C29H28O2.C16H18O.C9H10O2/c1-21-5-13-25(14-6-21)30-27-17-9-23(10-18-27)29(3,4)24-11-19-28(20-12-24)31-26-15-7-22(2)8-16-26;1-11-5-7-15(9-13(11)3)17-16-8-6-12(2)14(4)10-16;1-6-3-7(2)5-8(4-6)9(10)11/h5-20H,1-4H3;5-10H,1-4H3;3-5H,1-2H3,(H,10,11). The van der Waals surface area contributed by atoms with Gasteiger partial charge in [0.15, 0.2) is 0 Å². The molecule has 0 aliphatic rings. The molecule has 0 heterocycles. The van der Waals surface area contributed by atoms with Gasteiger partial charge in [0, 0.05) is 5.41 Å². The highest BCUT2D eigenvalue weighted by Gasteiger charge is 2.23. The maximum Gasteiger partial charge on any atom is 0.335 e. The van der Waals surface area contributed by atoms with E-state index in [0.717, 1.165) is 45.6 Å². The highest BCUT2D eigenvalue weighted by atomic mass is 16.5. The Bertz CT molecular complexity index is 2300. The molecule has 0 fully saturated rings. The van der Waals surface area contributed by atoms with Crippen LogP contribution in [0.15, 0.2) is 152 Å². The van der Waals surface area contributed by atoms with Crippen molar-refractivity contribution in [2.24, 2.45) is 0 Å². The molecule has 0 radical (unpaired) electrons. The van der Waals surface area contributed by atoms with Crippen molar-refractivity contribution in [2.45, 2.75) is 74.7 Å². The van der Waals surface area contributed by atoms with Crippen LogP contribution < -0.4 is 14.2 Å². The van der Waals surface area contributed by atoms with Crippen LogP contribution in [0.5, 0.6) is 34.5 Å². The van der Waals surface area contributed by atoms with Crippen molar-refractivity contribution in [3.63, 3.8) is 0 Å². The van der Waals surface area contributed by atoms with E-state index in [4.69, 9.17) is 19.3 Å². The van der Waals surface area contributed by atoms with E-state index >= 15 is 0 Å². The molecular formula is C54H56O5. The Morgan fingerprint density at radius 2 is 0.678 bits per heavy atom. The van der Waals surface area contributed by atoms with Crippen molar-refractivity contribution in [3.05, 3.63) is 213 Å². The molecule has 0 saturated carbocycles. The van der Waals surface area contributed by atoms with Gasteiger partial charge in [-0.25, -0.2) is 4.79 Å². The summed E-state index contributed by atoms with van der Waals surface area (Å²) in [5.74, 6) is 4.31. The number of aromatic carboxylic acids is 1. The third-order valence-electron chi connectivity index (χ3n) is 10.3. The van der Waals surface area contributed by atoms with Gasteiger partial charge in [-0.05, 0) is 174 Å². The van der Waals surface area contributed by atoms with Crippen LogP contribution in [-0.4, -0.2) is 11.1 Å². The van der Waals surface area contributed by atoms with Gasteiger partial charge in [-0.3, -0.25) is 0 Å². The molecule has 0 aliphatic carbocycles. The number of carboxylic acid groups (broad SMARTS) is 1. The molecule has 302 valence electrons. The number of carboxylic acids is 1. The van der Waals surface area contributed by atoms with Crippen LogP contribution in [0.2, 0.25) is 0 Å². The summed E-state index contributed by atoms with van der Waals surface area (Å²) in [5.41, 5.74) is 12.2. The molecule has 0 spiro atoms. The summed E-state index contributed by atoms with van der Waals surface area (Å²) in [6, 6.07) is 50.5. The van der Waals surface area contributed by atoms with E-state index in [1.165, 1.54) is 44.5 Å². The second-order valence-corrected chi connectivity index (χ2v) is 15.8. The molecule has 0 unspecified atom stereocenters. The molecule has 0 aromatic heterocycles. The Balaban J connectivity index is 0.000000197. The minimum Gasteiger partial charge on any atom is -0.478 e. The molecule has 5 heteroatoms. The van der Waals surface area contributed by atoms with Crippen molar-refractivity contribution in [2.75, 3.05) is 0 Å². The molecule has 59 heavy (non-hydrogen) atoms. The number of benzene rings is 7. The maximum atomic E-state index is 10.5. The average Bonchev–Trinajstić information content (AvgIpc) is 3.20. The van der Waals surface area contributed by atoms with Gasteiger partial charge in [0.25, 0.3) is 0 Å². The second-order valence-electron chi connectivity index (χ2n) is 15.8. The summed E-state index contributed by atoms with van der Waals surface area (Å²) >= 11 is 0. The number of hydrogen-bond donors (Lipinski definition) is 1. The van der Waals surface area contributed by atoms with E-state index in [1.54, 1.807) is 12.1 Å². The van der Waals surface area contributed by atoms with E-state index in [9.17, 15) is 4.79 Å². The largest absolute Gasteiger partial charge is 0.478 e. The number of hydrogen-bond acceptors (Lipinski definition) is 4. The van der Waals surface area contributed by atoms with Crippen LogP contribution in [0, 0.1) is 55.4 Å². The lowest BCUT2D eigenvalue weighted by molar-refractivity contribution is 0.0696. The normalized spacial score (nSPS) is 10.7. The summed E-state index contributed by atoms with van der Waals surface area (Å²) in [7, 11) is 0. The van der Waals surface area contributed by atoms with Crippen LogP contribution in [0.25, 0.3) is 0 Å². The first-order valence-electron chi connectivity index (χ1n) is 19.9. The van der Waals surface area contributed by atoms with Crippen LogP contribution in [0.1, 0.15) is 79.8 Å². The van der Waals surface area contributed by atoms with Crippen LogP contribution in [-0.2, 0) is 5.41 Å². The lowest BCUT2D eigenvalue weighted by atomic mass is 9.78. The molecule has 5 nitrogen and oxygen atoms in total. The summed E-state index contributed by atoms with van der Waals surface area (Å²) in [6.07, 6.45) is 0. The zero-order chi connectivity index (χ0) is 42.7. The minimum absolute atomic E-state index is 0.134. The summed E-state index contributed by atoms with van der Waals surface area (Å²) in [6.45, 7) is 20.8. The Morgan fingerprint density at radius 3 is 1.00 bits per heavy atom. The van der Waals surface area contributed by atoms with Gasteiger partial charge in [-0.15, -0.1) is 0 Å². The van der Waals surface area contributed by atoms with E-state index in [0.29, 0.717) is 5.56 Å². The monoisotopic (exact) mass is 784 g/mol. The van der Waals surface area contributed by atoms with Gasteiger partial charge in [-0.1, -0.05) is 103 Å². The quantitative estimate of drug-likeness (QED) is 0.158. The van der Waals surface area contributed by atoms with Gasteiger partial charge in [0.05, 0.1) is 5.56 Å². The summed E-state index contributed by atoms with van der Waals surface area (Å²) < 4.78 is 17.8. The fourth-order valence-electron chi connectivity index (χ4n) is 6.32. The molecular weight excluding hydrogens is 729 g/mol. The topological polar surface area (TPSA) is 65.0 Å². The highest BCUT2D eigenvalue weighted by molar-refractivity contribution is 5.88.